The Hall–Kier alpha value is -3.60. The molecule has 5 nitrogen and oxygen atoms in total. The topological polar surface area (TPSA) is 82.0 Å². The van der Waals surface area contributed by atoms with E-state index in [-0.39, 0.29) is 17.4 Å². The number of allylic oxidation sites excluding steroid dienone is 2. The van der Waals surface area contributed by atoms with Crippen molar-refractivity contribution >= 4 is 40.5 Å². The van der Waals surface area contributed by atoms with Crippen molar-refractivity contribution in [1.82, 2.24) is 5.32 Å². The predicted octanol–water partition coefficient (Wildman–Crippen LogP) is 6.01. The summed E-state index contributed by atoms with van der Waals surface area (Å²) in [6.07, 6.45) is 0. The minimum atomic E-state index is -0.546. The molecule has 4 rings (SSSR count). The van der Waals surface area contributed by atoms with Gasteiger partial charge in [-0.15, -0.1) is 11.3 Å². The monoisotopic (exact) mass is 485 g/mol. The first-order valence-corrected chi connectivity index (χ1v) is 12.6. The van der Waals surface area contributed by atoms with Crippen molar-refractivity contribution in [3.63, 3.8) is 0 Å². The second kappa shape index (κ2) is 10.6. The summed E-state index contributed by atoms with van der Waals surface area (Å²) in [6.45, 7) is 3.77. The van der Waals surface area contributed by atoms with Crippen LogP contribution in [0.15, 0.2) is 94.0 Å². The molecule has 1 aliphatic heterocycles. The molecular formula is C27H23N3O2S2. The van der Waals surface area contributed by atoms with Gasteiger partial charge in [0.15, 0.2) is 5.78 Å². The molecule has 170 valence electrons. The van der Waals surface area contributed by atoms with Crippen LogP contribution < -0.4 is 10.6 Å². The summed E-state index contributed by atoms with van der Waals surface area (Å²) >= 11 is 2.70. The van der Waals surface area contributed by atoms with Gasteiger partial charge in [-0.25, -0.2) is 0 Å². The van der Waals surface area contributed by atoms with Gasteiger partial charge in [0.2, 0.25) is 0 Å². The number of thiophene rings is 1. The van der Waals surface area contributed by atoms with E-state index in [1.54, 1.807) is 6.07 Å². The summed E-state index contributed by atoms with van der Waals surface area (Å²) in [5.41, 5.74) is 4.09. The fourth-order valence-corrected chi connectivity index (χ4v) is 5.59. The largest absolute Gasteiger partial charge is 0.353 e. The zero-order chi connectivity index (χ0) is 24.1. The summed E-state index contributed by atoms with van der Waals surface area (Å²) in [5, 5.41) is 18.9. The second-order valence-electron chi connectivity index (χ2n) is 7.82. The number of nitriles is 1. The van der Waals surface area contributed by atoms with Crippen LogP contribution in [0.1, 0.15) is 33.6 Å². The van der Waals surface area contributed by atoms with Crippen molar-refractivity contribution in [1.29, 1.82) is 5.26 Å². The average molecular weight is 486 g/mol. The number of rotatable bonds is 7. The number of para-hydroxylation sites is 1. The van der Waals surface area contributed by atoms with E-state index in [1.807, 2.05) is 79.9 Å². The van der Waals surface area contributed by atoms with E-state index >= 15 is 0 Å². The molecule has 0 radical (unpaired) electrons. The number of ketones is 1. The first kappa shape index (κ1) is 23.6. The lowest BCUT2D eigenvalue weighted by Gasteiger charge is -2.30. The van der Waals surface area contributed by atoms with Gasteiger partial charge < -0.3 is 10.6 Å². The van der Waals surface area contributed by atoms with Gasteiger partial charge in [-0.3, -0.25) is 9.59 Å². The second-order valence-corrected chi connectivity index (χ2v) is 9.75. The minimum absolute atomic E-state index is 0.00702. The van der Waals surface area contributed by atoms with Crippen LogP contribution in [0.5, 0.6) is 0 Å². The highest BCUT2D eigenvalue weighted by atomic mass is 32.2. The molecule has 0 spiro atoms. The third-order valence-electron chi connectivity index (χ3n) is 5.56. The Labute approximate surface area is 207 Å². The molecule has 1 amide bonds. The molecule has 7 heteroatoms. The summed E-state index contributed by atoms with van der Waals surface area (Å²) in [5.74, 6) is -0.601. The molecule has 0 fully saturated rings. The number of carbonyl (C=O) groups is 2. The smallest absolute Gasteiger partial charge is 0.254 e. The van der Waals surface area contributed by atoms with Gasteiger partial charge in [-0.1, -0.05) is 66.4 Å². The van der Waals surface area contributed by atoms with Gasteiger partial charge in [-0.05, 0) is 42.5 Å². The number of benzene rings is 2. The normalized spacial score (nSPS) is 15.5. The molecule has 34 heavy (non-hydrogen) atoms. The SMILES string of the molecule is CC1=C(C(=O)Nc2ccccc2C)C(c2ccccc2)C(C#N)=C(SCC(=O)c2cccs2)N1. The van der Waals surface area contributed by atoms with Gasteiger partial charge in [-0.2, -0.15) is 5.26 Å². The molecule has 2 N–H and O–H groups in total. The Bertz CT molecular complexity index is 1320. The fourth-order valence-electron chi connectivity index (χ4n) is 3.86. The number of Topliss-reactive ketones (excluding diaryl/α,β-unsaturated/α-hetero) is 1. The number of thioether (sulfide) groups is 1. The van der Waals surface area contributed by atoms with Crippen molar-refractivity contribution < 1.29 is 9.59 Å². The minimum Gasteiger partial charge on any atom is -0.353 e. The summed E-state index contributed by atoms with van der Waals surface area (Å²) in [7, 11) is 0. The number of hydrogen-bond donors (Lipinski definition) is 2. The molecule has 1 atom stereocenters. The summed E-state index contributed by atoms with van der Waals surface area (Å²) < 4.78 is 0. The van der Waals surface area contributed by atoms with Crippen molar-refractivity contribution in [2.75, 3.05) is 11.1 Å². The Balaban J connectivity index is 1.69. The number of nitrogens with zero attached hydrogens (tertiary/aromatic N) is 1. The lowest BCUT2D eigenvalue weighted by atomic mass is 9.82. The van der Waals surface area contributed by atoms with Crippen LogP contribution in [0.25, 0.3) is 0 Å². The Kier molecular flexibility index (Phi) is 7.31. The van der Waals surface area contributed by atoms with Gasteiger partial charge in [0.05, 0.1) is 33.2 Å². The molecule has 2 aromatic carbocycles. The van der Waals surface area contributed by atoms with Crippen LogP contribution in [-0.2, 0) is 4.79 Å². The molecule has 0 aliphatic carbocycles. The van der Waals surface area contributed by atoms with E-state index in [1.165, 1.54) is 23.1 Å². The molecule has 2 heterocycles. The average Bonchev–Trinajstić information content (AvgIpc) is 3.39. The van der Waals surface area contributed by atoms with E-state index in [0.29, 0.717) is 26.7 Å². The molecule has 1 unspecified atom stereocenters. The maximum absolute atomic E-state index is 13.5. The van der Waals surface area contributed by atoms with Gasteiger partial charge in [0.25, 0.3) is 5.91 Å². The van der Waals surface area contributed by atoms with E-state index in [9.17, 15) is 14.9 Å². The Morgan fingerprint density at radius 1 is 1.06 bits per heavy atom. The quantitative estimate of drug-likeness (QED) is 0.401. The number of dihydropyridines is 1. The highest BCUT2D eigenvalue weighted by Crippen LogP contribution is 2.41. The number of anilines is 1. The number of hydrogen-bond acceptors (Lipinski definition) is 6. The first-order valence-electron chi connectivity index (χ1n) is 10.7. The van der Waals surface area contributed by atoms with Crippen molar-refractivity contribution in [3.8, 4) is 6.07 Å². The van der Waals surface area contributed by atoms with E-state index in [2.05, 4.69) is 16.7 Å². The van der Waals surface area contributed by atoms with Crippen molar-refractivity contribution in [2.45, 2.75) is 19.8 Å². The fraction of sp³-hybridized carbons (Fsp3) is 0.148. The molecule has 1 aromatic heterocycles. The molecule has 0 saturated heterocycles. The highest BCUT2D eigenvalue weighted by Gasteiger charge is 2.35. The van der Waals surface area contributed by atoms with Gasteiger partial charge in [0.1, 0.15) is 0 Å². The molecule has 0 saturated carbocycles. The lowest BCUT2D eigenvalue weighted by molar-refractivity contribution is -0.113. The zero-order valence-corrected chi connectivity index (χ0v) is 20.4. The Morgan fingerprint density at radius 3 is 2.47 bits per heavy atom. The van der Waals surface area contributed by atoms with E-state index in [0.717, 1.165) is 16.8 Å². The standard InChI is InChI=1S/C27H23N3O2S2/c1-17-9-6-7-12-21(17)30-26(32)24-18(2)29-27(34-16-22(31)23-13-8-14-33-23)20(15-28)25(24)19-10-4-3-5-11-19/h3-14,25,29H,16H2,1-2H3,(H,30,32). The maximum Gasteiger partial charge on any atom is 0.254 e. The van der Waals surface area contributed by atoms with Gasteiger partial charge in [0, 0.05) is 17.0 Å². The van der Waals surface area contributed by atoms with Crippen LogP contribution in [0, 0.1) is 18.3 Å². The number of amides is 1. The van der Waals surface area contributed by atoms with Crippen LogP contribution in [0.4, 0.5) is 5.69 Å². The number of aryl methyl sites for hydroxylation is 1. The lowest BCUT2D eigenvalue weighted by Crippen LogP contribution is -2.31. The van der Waals surface area contributed by atoms with Crippen LogP contribution in [0.2, 0.25) is 0 Å². The third kappa shape index (κ3) is 4.98. The predicted molar refractivity (Wildman–Crippen MR) is 139 cm³/mol. The van der Waals surface area contributed by atoms with Crippen molar-refractivity contribution in [2.24, 2.45) is 0 Å². The summed E-state index contributed by atoms with van der Waals surface area (Å²) in [4.78, 5) is 26.8. The first-order chi connectivity index (χ1) is 16.5. The van der Waals surface area contributed by atoms with E-state index in [4.69, 9.17) is 0 Å². The molecule has 1 aliphatic rings. The van der Waals surface area contributed by atoms with E-state index < -0.39 is 5.92 Å². The van der Waals surface area contributed by atoms with Crippen LogP contribution in [-0.4, -0.2) is 17.4 Å². The van der Waals surface area contributed by atoms with Crippen LogP contribution >= 0.6 is 23.1 Å². The third-order valence-corrected chi connectivity index (χ3v) is 7.49. The number of nitrogens with one attached hydrogen (secondary N) is 2. The number of carbonyl (C=O) groups excluding carboxylic acids is 2. The zero-order valence-electron chi connectivity index (χ0n) is 18.8. The molecular weight excluding hydrogens is 462 g/mol. The molecule has 3 aromatic rings. The van der Waals surface area contributed by atoms with Gasteiger partial charge >= 0.3 is 0 Å². The maximum atomic E-state index is 13.5. The Morgan fingerprint density at radius 2 is 1.79 bits per heavy atom. The van der Waals surface area contributed by atoms with Crippen molar-refractivity contribution in [3.05, 3.63) is 110 Å². The summed E-state index contributed by atoms with van der Waals surface area (Å²) in [6, 6.07) is 23.1. The molecule has 0 bridgehead atoms. The highest BCUT2D eigenvalue weighted by molar-refractivity contribution is 8.03. The van der Waals surface area contributed by atoms with Crippen LogP contribution in [0.3, 0.4) is 0 Å².